The van der Waals surface area contributed by atoms with Crippen molar-refractivity contribution >= 4 is 6.09 Å². The van der Waals surface area contributed by atoms with Crippen LogP contribution in [0.15, 0.2) is 0 Å². The van der Waals surface area contributed by atoms with Crippen LogP contribution in [0.3, 0.4) is 0 Å². The first-order chi connectivity index (χ1) is 6.65. The van der Waals surface area contributed by atoms with Gasteiger partial charge in [-0.15, -0.1) is 0 Å². The van der Waals surface area contributed by atoms with Gasteiger partial charge >= 0.3 is 6.09 Å². The molecule has 4 nitrogen and oxygen atoms in total. The fourth-order valence-corrected chi connectivity index (χ4v) is 2.85. The highest BCUT2D eigenvalue weighted by atomic mass is 16.5. The van der Waals surface area contributed by atoms with E-state index in [9.17, 15) is 4.79 Å². The van der Waals surface area contributed by atoms with Gasteiger partial charge in [0.2, 0.25) is 0 Å². The van der Waals surface area contributed by atoms with Crippen LogP contribution in [0.1, 0.15) is 12.8 Å². The van der Waals surface area contributed by atoms with Crippen LogP contribution >= 0.6 is 0 Å². The molecule has 80 valence electrons. The van der Waals surface area contributed by atoms with Crippen molar-refractivity contribution in [1.82, 2.24) is 9.80 Å². The molecule has 0 aromatic heterocycles. The number of hydrogen-bond acceptors (Lipinski definition) is 3. The molecule has 1 spiro atoms. The average Bonchev–Trinajstić information content (AvgIpc) is 2.15. The molecule has 0 atom stereocenters. The van der Waals surface area contributed by atoms with Gasteiger partial charge in [0.15, 0.2) is 0 Å². The first-order valence-corrected chi connectivity index (χ1v) is 5.17. The maximum absolute atomic E-state index is 11.4. The number of amides is 1. The summed E-state index contributed by atoms with van der Waals surface area (Å²) in [7, 11) is 3.58. The summed E-state index contributed by atoms with van der Waals surface area (Å²) < 4.78 is 4.75. The van der Waals surface area contributed by atoms with Crippen LogP contribution in [0.2, 0.25) is 0 Å². The Morgan fingerprint density at radius 1 is 1.36 bits per heavy atom. The highest BCUT2D eigenvalue weighted by Gasteiger charge is 2.45. The van der Waals surface area contributed by atoms with Gasteiger partial charge < -0.3 is 14.5 Å². The van der Waals surface area contributed by atoms with Gasteiger partial charge in [0.1, 0.15) is 0 Å². The van der Waals surface area contributed by atoms with Crippen LogP contribution in [-0.2, 0) is 4.74 Å². The number of ether oxygens (including phenoxy) is 1. The van der Waals surface area contributed by atoms with Crippen molar-refractivity contribution in [2.75, 3.05) is 40.3 Å². The highest BCUT2D eigenvalue weighted by molar-refractivity contribution is 5.67. The van der Waals surface area contributed by atoms with Crippen LogP contribution in [0, 0.1) is 5.41 Å². The zero-order valence-corrected chi connectivity index (χ0v) is 8.95. The zero-order chi connectivity index (χ0) is 10.2. The Hall–Kier alpha value is -0.770. The Morgan fingerprint density at radius 3 is 2.64 bits per heavy atom. The second-order valence-electron chi connectivity index (χ2n) is 4.67. The van der Waals surface area contributed by atoms with Crippen LogP contribution < -0.4 is 0 Å². The quantitative estimate of drug-likeness (QED) is 0.576. The molecular weight excluding hydrogens is 180 g/mol. The molecule has 2 fully saturated rings. The summed E-state index contributed by atoms with van der Waals surface area (Å²) in [5, 5.41) is 0. The van der Waals surface area contributed by atoms with Crippen molar-refractivity contribution in [1.29, 1.82) is 0 Å². The van der Waals surface area contributed by atoms with Gasteiger partial charge in [-0.2, -0.15) is 0 Å². The molecule has 0 unspecified atom stereocenters. The summed E-state index contributed by atoms with van der Waals surface area (Å²) >= 11 is 0. The number of rotatable bonds is 0. The van der Waals surface area contributed by atoms with Gasteiger partial charge in [-0.05, 0) is 19.9 Å². The van der Waals surface area contributed by atoms with Gasteiger partial charge in [-0.3, -0.25) is 0 Å². The molecule has 0 saturated carbocycles. The lowest BCUT2D eigenvalue weighted by Gasteiger charge is -2.53. The summed E-state index contributed by atoms with van der Waals surface area (Å²) in [4.78, 5) is 15.5. The van der Waals surface area contributed by atoms with Crippen LogP contribution in [0.4, 0.5) is 4.79 Å². The molecular formula is C10H18N2O2. The largest absolute Gasteiger partial charge is 0.453 e. The van der Waals surface area contributed by atoms with E-state index in [1.54, 1.807) is 0 Å². The zero-order valence-electron chi connectivity index (χ0n) is 8.95. The van der Waals surface area contributed by atoms with Crippen molar-refractivity contribution in [2.45, 2.75) is 12.8 Å². The van der Waals surface area contributed by atoms with E-state index in [0.29, 0.717) is 5.41 Å². The van der Waals surface area contributed by atoms with Gasteiger partial charge in [-0.25, -0.2) is 4.79 Å². The van der Waals surface area contributed by atoms with E-state index < -0.39 is 0 Å². The number of likely N-dealkylation sites (tertiary alicyclic amines) is 2. The van der Waals surface area contributed by atoms with Crippen molar-refractivity contribution in [3.05, 3.63) is 0 Å². The number of nitrogens with zero attached hydrogens (tertiary/aromatic N) is 2. The minimum Gasteiger partial charge on any atom is -0.453 e. The number of methoxy groups -OCH3 is 1. The molecule has 0 bridgehead atoms. The van der Waals surface area contributed by atoms with E-state index >= 15 is 0 Å². The summed E-state index contributed by atoms with van der Waals surface area (Å²) in [6.45, 7) is 3.99. The Kier molecular flexibility index (Phi) is 2.39. The normalized spacial score (nSPS) is 26.0. The average molecular weight is 198 g/mol. The van der Waals surface area contributed by atoms with Gasteiger partial charge in [-0.1, -0.05) is 0 Å². The fraction of sp³-hybridized carbons (Fsp3) is 0.900. The molecule has 2 heterocycles. The number of piperidine rings is 1. The van der Waals surface area contributed by atoms with Crippen molar-refractivity contribution in [3.8, 4) is 0 Å². The second-order valence-corrected chi connectivity index (χ2v) is 4.67. The standard InChI is InChI=1S/C10H18N2O2/c1-11-6-10(7-11)4-3-5-12(8-10)9(13)14-2/h3-8H2,1-2H3. The van der Waals surface area contributed by atoms with Crippen LogP contribution in [-0.4, -0.2) is 56.2 Å². The van der Waals surface area contributed by atoms with E-state index in [1.807, 2.05) is 4.90 Å². The van der Waals surface area contributed by atoms with Gasteiger partial charge in [0.25, 0.3) is 0 Å². The number of carbonyl (C=O) groups is 1. The third-order valence-corrected chi connectivity index (χ3v) is 3.30. The van der Waals surface area contributed by atoms with E-state index in [2.05, 4.69) is 11.9 Å². The summed E-state index contributed by atoms with van der Waals surface area (Å²) in [6.07, 6.45) is 2.20. The third-order valence-electron chi connectivity index (χ3n) is 3.30. The topological polar surface area (TPSA) is 32.8 Å². The predicted molar refractivity (Wildman–Crippen MR) is 53.1 cm³/mol. The van der Waals surface area contributed by atoms with E-state index in [-0.39, 0.29) is 6.09 Å². The first-order valence-electron chi connectivity index (χ1n) is 5.17. The lowest BCUT2D eigenvalue weighted by molar-refractivity contribution is -0.0361. The minimum absolute atomic E-state index is 0.168. The molecule has 2 aliphatic rings. The maximum Gasteiger partial charge on any atom is 0.409 e. The van der Waals surface area contributed by atoms with Crippen LogP contribution in [0.5, 0.6) is 0 Å². The molecule has 0 aromatic carbocycles. The monoisotopic (exact) mass is 198 g/mol. The first kappa shape index (κ1) is 9.77. The van der Waals surface area contributed by atoms with Crippen molar-refractivity contribution in [3.63, 3.8) is 0 Å². The summed E-state index contributed by atoms with van der Waals surface area (Å²) in [6, 6.07) is 0. The molecule has 2 rings (SSSR count). The molecule has 2 aliphatic heterocycles. The Bertz CT molecular complexity index is 231. The molecule has 14 heavy (non-hydrogen) atoms. The third kappa shape index (κ3) is 1.59. The minimum atomic E-state index is -0.168. The molecule has 0 aromatic rings. The number of hydrogen-bond donors (Lipinski definition) is 0. The lowest BCUT2D eigenvalue weighted by Crippen LogP contribution is -2.62. The van der Waals surface area contributed by atoms with Gasteiger partial charge in [0.05, 0.1) is 7.11 Å². The smallest absolute Gasteiger partial charge is 0.409 e. The molecule has 1 amide bonds. The van der Waals surface area contributed by atoms with Gasteiger partial charge in [0, 0.05) is 31.6 Å². The highest BCUT2D eigenvalue weighted by Crippen LogP contribution is 2.37. The molecule has 4 heteroatoms. The van der Waals surface area contributed by atoms with E-state index in [4.69, 9.17) is 4.74 Å². The molecule has 2 saturated heterocycles. The lowest BCUT2D eigenvalue weighted by atomic mass is 9.74. The fourth-order valence-electron chi connectivity index (χ4n) is 2.85. The SMILES string of the molecule is COC(=O)N1CCCC2(CN(C)C2)C1. The predicted octanol–water partition coefficient (Wildman–Crippen LogP) is 0.780. The molecule has 0 aliphatic carbocycles. The summed E-state index contributed by atoms with van der Waals surface area (Å²) in [5.74, 6) is 0. The second kappa shape index (κ2) is 3.42. The Morgan fingerprint density at radius 2 is 2.07 bits per heavy atom. The number of carbonyl (C=O) groups excluding carboxylic acids is 1. The molecule has 0 N–H and O–H groups in total. The van der Waals surface area contributed by atoms with Crippen LogP contribution in [0.25, 0.3) is 0 Å². The van der Waals surface area contributed by atoms with Crippen molar-refractivity contribution < 1.29 is 9.53 Å². The van der Waals surface area contributed by atoms with Crippen molar-refractivity contribution in [2.24, 2.45) is 5.41 Å². The van der Waals surface area contributed by atoms with E-state index in [0.717, 1.165) is 32.6 Å². The Labute approximate surface area is 84.8 Å². The Balaban J connectivity index is 1.94. The maximum atomic E-state index is 11.4. The molecule has 0 radical (unpaired) electrons. The van der Waals surface area contributed by atoms with E-state index in [1.165, 1.54) is 13.5 Å². The summed E-state index contributed by atoms with van der Waals surface area (Å²) in [5.41, 5.74) is 0.376.